The second-order valence-corrected chi connectivity index (χ2v) is 7.79. The number of nitrogens with zero attached hydrogens (tertiary/aromatic N) is 2. The van der Waals surface area contributed by atoms with Crippen molar-refractivity contribution in [3.05, 3.63) is 53.1 Å². The summed E-state index contributed by atoms with van der Waals surface area (Å²) in [5.74, 6) is -0.0558. The molecule has 9 heteroatoms. The number of carboxylic acids is 1. The number of halogens is 1. The number of carbonyl (C=O) groups excluding carboxylic acids is 1. The van der Waals surface area contributed by atoms with Gasteiger partial charge in [-0.1, -0.05) is 29.4 Å². The van der Waals surface area contributed by atoms with Crippen molar-refractivity contribution in [1.29, 1.82) is 0 Å². The predicted octanol–water partition coefficient (Wildman–Crippen LogP) is 3.68. The second kappa shape index (κ2) is 7.73. The lowest BCUT2D eigenvalue weighted by Gasteiger charge is -2.30. The number of carboxylic acid groups (broad SMARTS) is 1. The number of carbonyl (C=O) groups is 2. The van der Waals surface area contributed by atoms with Gasteiger partial charge in [0.1, 0.15) is 5.25 Å². The van der Waals surface area contributed by atoms with Crippen LogP contribution in [0.25, 0.3) is 0 Å². The Morgan fingerprint density at radius 3 is 2.71 bits per heavy atom. The summed E-state index contributed by atoms with van der Waals surface area (Å²) in [6.45, 7) is 0.419. The molecule has 28 heavy (non-hydrogen) atoms. The SMILES string of the molecule is O=C(O)[C@@H]1CC(=O)N(Cc2ccc3c(c2)OCO3)C(=Nc2ccc(Cl)cc2)S1. The summed E-state index contributed by atoms with van der Waals surface area (Å²) in [5, 5.41) is 9.40. The molecule has 2 aromatic carbocycles. The Morgan fingerprint density at radius 1 is 1.21 bits per heavy atom. The maximum absolute atomic E-state index is 12.7. The number of hydrogen-bond acceptors (Lipinski definition) is 6. The molecule has 0 aromatic heterocycles. The average molecular weight is 419 g/mol. The number of hydrogen-bond donors (Lipinski definition) is 1. The van der Waals surface area contributed by atoms with Crippen molar-refractivity contribution in [1.82, 2.24) is 4.90 Å². The van der Waals surface area contributed by atoms with Crippen molar-refractivity contribution in [3.8, 4) is 11.5 Å². The van der Waals surface area contributed by atoms with Gasteiger partial charge in [-0.05, 0) is 42.0 Å². The minimum Gasteiger partial charge on any atom is -0.480 e. The van der Waals surface area contributed by atoms with Crippen molar-refractivity contribution >= 4 is 46.1 Å². The van der Waals surface area contributed by atoms with Crippen molar-refractivity contribution in [2.24, 2.45) is 4.99 Å². The molecule has 144 valence electrons. The third-order valence-electron chi connectivity index (χ3n) is 4.24. The van der Waals surface area contributed by atoms with Gasteiger partial charge in [-0.15, -0.1) is 0 Å². The van der Waals surface area contributed by atoms with Crippen LogP contribution in [0.2, 0.25) is 5.02 Å². The Labute approximate surface area is 169 Å². The highest BCUT2D eigenvalue weighted by Crippen LogP contribution is 2.35. The highest BCUT2D eigenvalue weighted by molar-refractivity contribution is 8.15. The number of amides is 1. The zero-order chi connectivity index (χ0) is 19.7. The molecule has 0 bridgehead atoms. The largest absolute Gasteiger partial charge is 0.480 e. The van der Waals surface area contributed by atoms with Gasteiger partial charge in [0.05, 0.1) is 18.7 Å². The van der Waals surface area contributed by atoms with Crippen LogP contribution in [0.4, 0.5) is 5.69 Å². The van der Waals surface area contributed by atoms with Gasteiger partial charge in [-0.25, -0.2) is 4.99 Å². The van der Waals surface area contributed by atoms with Crippen molar-refractivity contribution in [2.45, 2.75) is 18.2 Å². The highest BCUT2D eigenvalue weighted by Gasteiger charge is 2.36. The number of ether oxygens (including phenoxy) is 2. The Morgan fingerprint density at radius 2 is 1.96 bits per heavy atom. The van der Waals surface area contributed by atoms with Gasteiger partial charge in [-0.2, -0.15) is 0 Å². The molecular formula is C19H15ClN2O5S. The summed E-state index contributed by atoms with van der Waals surface area (Å²) in [4.78, 5) is 30.1. The van der Waals surface area contributed by atoms with E-state index in [2.05, 4.69) is 4.99 Å². The zero-order valence-corrected chi connectivity index (χ0v) is 16.1. The van der Waals surface area contributed by atoms with Gasteiger partial charge in [0.15, 0.2) is 16.7 Å². The van der Waals surface area contributed by atoms with Gasteiger partial charge < -0.3 is 14.6 Å². The second-order valence-electron chi connectivity index (χ2n) is 6.19. The van der Waals surface area contributed by atoms with E-state index in [1.54, 1.807) is 30.3 Å². The first-order valence-electron chi connectivity index (χ1n) is 8.42. The van der Waals surface area contributed by atoms with E-state index < -0.39 is 11.2 Å². The molecule has 4 rings (SSSR count). The van der Waals surface area contributed by atoms with Crippen LogP contribution >= 0.6 is 23.4 Å². The van der Waals surface area contributed by atoms with E-state index in [1.165, 1.54) is 4.90 Å². The molecule has 1 amide bonds. The lowest BCUT2D eigenvalue weighted by molar-refractivity contribution is -0.139. The summed E-state index contributed by atoms with van der Waals surface area (Å²) < 4.78 is 10.7. The van der Waals surface area contributed by atoms with Crippen molar-refractivity contribution in [2.75, 3.05) is 6.79 Å². The van der Waals surface area contributed by atoms with E-state index >= 15 is 0 Å². The first-order chi connectivity index (χ1) is 13.5. The monoisotopic (exact) mass is 418 g/mol. The molecule has 2 aromatic rings. The quantitative estimate of drug-likeness (QED) is 0.814. The van der Waals surface area contributed by atoms with Gasteiger partial charge in [0.25, 0.3) is 0 Å². The molecule has 1 fully saturated rings. The predicted molar refractivity (Wildman–Crippen MR) is 105 cm³/mol. The molecular weight excluding hydrogens is 404 g/mol. The summed E-state index contributed by atoms with van der Waals surface area (Å²) in [6, 6.07) is 12.2. The molecule has 0 saturated carbocycles. The van der Waals surface area contributed by atoms with Crippen LogP contribution in [0, 0.1) is 0 Å². The first-order valence-corrected chi connectivity index (χ1v) is 9.68. The molecule has 1 saturated heterocycles. The molecule has 0 spiro atoms. The number of amidine groups is 1. The molecule has 1 atom stereocenters. The lowest BCUT2D eigenvalue weighted by Crippen LogP contribution is -2.43. The van der Waals surface area contributed by atoms with Gasteiger partial charge in [0, 0.05) is 5.02 Å². The van der Waals surface area contributed by atoms with Crippen molar-refractivity contribution < 1.29 is 24.2 Å². The molecule has 0 unspecified atom stereocenters. The van der Waals surface area contributed by atoms with Crippen LogP contribution in [0.1, 0.15) is 12.0 Å². The van der Waals surface area contributed by atoms with E-state index in [0.717, 1.165) is 17.3 Å². The molecule has 2 aliphatic heterocycles. The van der Waals surface area contributed by atoms with Crippen LogP contribution in [-0.4, -0.2) is 39.1 Å². The van der Waals surface area contributed by atoms with Crippen molar-refractivity contribution in [3.63, 3.8) is 0 Å². The smallest absolute Gasteiger partial charge is 0.317 e. The topological polar surface area (TPSA) is 88.4 Å². The number of rotatable bonds is 4. The number of benzene rings is 2. The molecule has 1 N–H and O–H groups in total. The summed E-state index contributed by atoms with van der Waals surface area (Å²) >= 11 is 6.97. The number of fused-ring (bicyclic) bond motifs is 1. The number of aliphatic imine (C=N–C) groups is 1. The molecule has 0 aliphatic carbocycles. The summed E-state index contributed by atoms with van der Waals surface area (Å²) in [6.07, 6.45) is -0.0931. The fourth-order valence-corrected chi connectivity index (χ4v) is 4.00. The minimum atomic E-state index is -1.04. The van der Waals surface area contributed by atoms with Crippen LogP contribution in [0.15, 0.2) is 47.5 Å². The normalized spacial score (nSPS) is 19.9. The van der Waals surface area contributed by atoms with Gasteiger partial charge >= 0.3 is 5.97 Å². The Balaban J connectivity index is 1.64. The van der Waals surface area contributed by atoms with Crippen LogP contribution in [0.5, 0.6) is 11.5 Å². The van der Waals surface area contributed by atoms with Crippen LogP contribution < -0.4 is 9.47 Å². The average Bonchev–Trinajstić information content (AvgIpc) is 3.13. The number of thioether (sulfide) groups is 1. The zero-order valence-electron chi connectivity index (χ0n) is 14.5. The fourth-order valence-electron chi connectivity index (χ4n) is 2.84. The van der Waals surface area contributed by atoms with Gasteiger partial charge in [-0.3, -0.25) is 14.5 Å². The fraction of sp³-hybridized carbons (Fsp3) is 0.211. The van der Waals surface area contributed by atoms with E-state index in [4.69, 9.17) is 21.1 Å². The summed E-state index contributed by atoms with van der Waals surface area (Å²) in [7, 11) is 0. The highest BCUT2D eigenvalue weighted by atomic mass is 35.5. The Bertz CT molecular complexity index is 963. The van der Waals surface area contributed by atoms with E-state index in [1.807, 2.05) is 12.1 Å². The maximum Gasteiger partial charge on any atom is 0.317 e. The van der Waals surface area contributed by atoms with Gasteiger partial charge in [0.2, 0.25) is 12.7 Å². The van der Waals surface area contributed by atoms with Crippen LogP contribution in [-0.2, 0) is 16.1 Å². The van der Waals surface area contributed by atoms with Crippen LogP contribution in [0.3, 0.4) is 0 Å². The van der Waals surface area contributed by atoms with E-state index in [9.17, 15) is 14.7 Å². The molecule has 2 aliphatic rings. The third kappa shape index (κ3) is 3.93. The lowest BCUT2D eigenvalue weighted by atomic mass is 10.1. The standard InChI is InChI=1S/C19H15ClN2O5S/c20-12-2-4-13(5-3-12)21-19-22(17(23)8-16(28-19)18(24)25)9-11-1-6-14-15(7-11)27-10-26-14/h1-7,16H,8-10H2,(H,24,25)/t16-/m0/s1. The maximum atomic E-state index is 12.7. The third-order valence-corrected chi connectivity index (χ3v) is 5.67. The minimum absolute atomic E-state index is 0.0931. The molecule has 0 radical (unpaired) electrons. The first kappa shape index (κ1) is 18.6. The number of aliphatic carboxylic acids is 1. The summed E-state index contributed by atoms with van der Waals surface area (Å²) in [5.41, 5.74) is 1.41. The molecule has 7 nitrogen and oxygen atoms in total. The Hall–Kier alpha value is -2.71. The van der Waals surface area contributed by atoms with E-state index in [0.29, 0.717) is 27.4 Å². The Kier molecular flexibility index (Phi) is 5.15. The van der Waals surface area contributed by atoms with E-state index in [-0.39, 0.29) is 25.7 Å². The molecule has 2 heterocycles.